The number of rotatable bonds is 10. The Morgan fingerprint density at radius 1 is 0.630 bits per heavy atom. The summed E-state index contributed by atoms with van der Waals surface area (Å²) in [6, 6.07) is 13.4. The van der Waals surface area contributed by atoms with Crippen LogP contribution in [0.25, 0.3) is 11.1 Å². The molecule has 0 spiro atoms. The lowest BCUT2D eigenvalue weighted by atomic mass is 9.70. The van der Waals surface area contributed by atoms with E-state index < -0.39 is 0 Å². The van der Waals surface area contributed by atoms with E-state index in [2.05, 4.69) is 68.3 Å². The van der Waals surface area contributed by atoms with Gasteiger partial charge in [-0.1, -0.05) is 69.7 Å². The number of unbranched alkanes of at least 4 members (excludes halogenated alkanes) is 4. The summed E-state index contributed by atoms with van der Waals surface area (Å²) in [6.45, 7) is 0.543. The second kappa shape index (κ2) is 9.69. The first-order valence-corrected chi connectivity index (χ1v) is 11.5. The molecular formula is C23H28Br2O2. The van der Waals surface area contributed by atoms with Crippen molar-refractivity contribution >= 4 is 31.9 Å². The minimum atomic E-state index is 0.0170. The summed E-state index contributed by atoms with van der Waals surface area (Å²) in [4.78, 5) is 0. The molecule has 2 nitrogen and oxygen atoms in total. The minimum Gasteiger partial charge on any atom is -0.396 e. The Balaban J connectivity index is 2.03. The van der Waals surface area contributed by atoms with Crippen molar-refractivity contribution < 1.29 is 10.2 Å². The van der Waals surface area contributed by atoms with E-state index in [4.69, 9.17) is 0 Å². The standard InChI is InChI=1S/C23H28Br2O2/c24-17-7-9-19-20-10-8-18(25)16-22(20)23(21(19)15-17,11-3-1-5-13-26)12-4-2-6-14-27/h7-10,15-16,26-27H,1-6,11-14H2. The number of benzene rings is 2. The Labute approximate surface area is 179 Å². The number of aliphatic hydroxyl groups excluding tert-OH is 2. The molecule has 1 aliphatic carbocycles. The molecule has 2 aromatic carbocycles. The van der Waals surface area contributed by atoms with Gasteiger partial charge in [-0.25, -0.2) is 0 Å². The van der Waals surface area contributed by atoms with Crippen molar-refractivity contribution in [2.75, 3.05) is 13.2 Å². The molecular weight excluding hydrogens is 468 g/mol. The van der Waals surface area contributed by atoms with Gasteiger partial charge in [-0.05, 0) is 72.2 Å². The van der Waals surface area contributed by atoms with Crippen LogP contribution in [0, 0.1) is 0 Å². The van der Waals surface area contributed by atoms with Crippen LogP contribution < -0.4 is 0 Å². The molecule has 0 fully saturated rings. The van der Waals surface area contributed by atoms with Gasteiger partial charge in [0.05, 0.1) is 0 Å². The van der Waals surface area contributed by atoms with Gasteiger partial charge >= 0.3 is 0 Å². The minimum absolute atomic E-state index is 0.0170. The van der Waals surface area contributed by atoms with Gasteiger partial charge in [0.15, 0.2) is 0 Å². The van der Waals surface area contributed by atoms with E-state index in [1.807, 2.05) is 0 Å². The number of hydrogen-bond donors (Lipinski definition) is 2. The predicted octanol–water partition coefficient (Wildman–Crippen LogP) is 6.58. The molecule has 3 rings (SSSR count). The zero-order valence-corrected chi connectivity index (χ0v) is 18.9. The third kappa shape index (κ3) is 4.50. The van der Waals surface area contributed by atoms with Crippen molar-refractivity contribution in [1.29, 1.82) is 0 Å². The number of hydrogen-bond acceptors (Lipinski definition) is 2. The highest BCUT2D eigenvalue weighted by Gasteiger charge is 2.42. The Morgan fingerprint density at radius 2 is 1.07 bits per heavy atom. The van der Waals surface area contributed by atoms with Crippen LogP contribution in [0.3, 0.4) is 0 Å². The van der Waals surface area contributed by atoms with E-state index in [0.29, 0.717) is 0 Å². The summed E-state index contributed by atoms with van der Waals surface area (Å²) in [6.07, 6.45) is 8.27. The molecule has 0 radical (unpaired) electrons. The average molecular weight is 496 g/mol. The van der Waals surface area contributed by atoms with Crippen LogP contribution in [0.1, 0.15) is 62.5 Å². The van der Waals surface area contributed by atoms with Gasteiger partial charge in [0.2, 0.25) is 0 Å². The quantitative estimate of drug-likeness (QED) is 0.365. The van der Waals surface area contributed by atoms with Crippen molar-refractivity contribution in [3.05, 3.63) is 56.5 Å². The summed E-state index contributed by atoms with van der Waals surface area (Å²) in [5, 5.41) is 18.4. The summed E-state index contributed by atoms with van der Waals surface area (Å²) in [5.74, 6) is 0. The topological polar surface area (TPSA) is 40.5 Å². The van der Waals surface area contributed by atoms with E-state index in [1.54, 1.807) is 0 Å². The van der Waals surface area contributed by atoms with Crippen molar-refractivity contribution in [2.24, 2.45) is 0 Å². The van der Waals surface area contributed by atoms with Crippen LogP contribution in [0.4, 0.5) is 0 Å². The smallest absolute Gasteiger partial charge is 0.0431 e. The third-order valence-electron chi connectivity index (χ3n) is 5.81. The Bertz CT molecular complexity index is 707. The Hall–Kier alpha value is -0.680. The van der Waals surface area contributed by atoms with Gasteiger partial charge in [0.25, 0.3) is 0 Å². The highest BCUT2D eigenvalue weighted by Crippen LogP contribution is 2.55. The van der Waals surface area contributed by atoms with Crippen LogP contribution in [0.2, 0.25) is 0 Å². The number of aliphatic hydroxyl groups is 2. The highest BCUT2D eigenvalue weighted by molar-refractivity contribution is 9.10. The second-order valence-corrected chi connectivity index (χ2v) is 9.36. The molecule has 2 aromatic rings. The van der Waals surface area contributed by atoms with Gasteiger partial charge in [0.1, 0.15) is 0 Å². The maximum Gasteiger partial charge on any atom is 0.0431 e. The second-order valence-electron chi connectivity index (χ2n) is 7.53. The molecule has 0 aromatic heterocycles. The van der Waals surface area contributed by atoms with Crippen LogP contribution in [0.15, 0.2) is 45.3 Å². The Morgan fingerprint density at radius 3 is 1.48 bits per heavy atom. The zero-order chi connectivity index (χ0) is 19.3. The maximum atomic E-state index is 9.18. The van der Waals surface area contributed by atoms with E-state index in [-0.39, 0.29) is 18.6 Å². The molecule has 2 N–H and O–H groups in total. The first-order valence-electron chi connectivity index (χ1n) is 9.94. The van der Waals surface area contributed by atoms with Gasteiger partial charge in [-0.3, -0.25) is 0 Å². The molecule has 4 heteroatoms. The van der Waals surface area contributed by atoms with Crippen LogP contribution in [0.5, 0.6) is 0 Å². The first-order chi connectivity index (χ1) is 13.1. The van der Waals surface area contributed by atoms with Crippen molar-refractivity contribution in [1.82, 2.24) is 0 Å². The van der Waals surface area contributed by atoms with Crippen molar-refractivity contribution in [3.8, 4) is 11.1 Å². The lowest BCUT2D eigenvalue weighted by molar-refractivity contribution is 0.275. The van der Waals surface area contributed by atoms with Crippen LogP contribution in [-0.4, -0.2) is 23.4 Å². The van der Waals surface area contributed by atoms with E-state index >= 15 is 0 Å². The summed E-state index contributed by atoms with van der Waals surface area (Å²) < 4.78 is 2.26. The fourth-order valence-corrected chi connectivity index (χ4v) is 5.26. The highest BCUT2D eigenvalue weighted by atomic mass is 79.9. The fraction of sp³-hybridized carbons (Fsp3) is 0.478. The van der Waals surface area contributed by atoms with Crippen molar-refractivity contribution in [3.63, 3.8) is 0 Å². The number of halogens is 2. The maximum absolute atomic E-state index is 9.18. The number of fused-ring (bicyclic) bond motifs is 3. The molecule has 146 valence electrons. The lowest BCUT2D eigenvalue weighted by Crippen LogP contribution is -2.25. The molecule has 0 aliphatic heterocycles. The van der Waals surface area contributed by atoms with Gasteiger partial charge in [-0.2, -0.15) is 0 Å². The average Bonchev–Trinajstić information content (AvgIpc) is 2.92. The zero-order valence-electron chi connectivity index (χ0n) is 15.7. The van der Waals surface area contributed by atoms with Gasteiger partial charge < -0.3 is 10.2 Å². The fourth-order valence-electron chi connectivity index (χ4n) is 4.53. The molecule has 0 bridgehead atoms. The SMILES string of the molecule is OCCCCCC1(CCCCCO)c2cc(Br)ccc2-c2ccc(Br)cc21. The van der Waals surface area contributed by atoms with Crippen LogP contribution in [-0.2, 0) is 5.41 Å². The van der Waals surface area contributed by atoms with E-state index in [1.165, 1.54) is 22.3 Å². The van der Waals surface area contributed by atoms with Crippen LogP contribution >= 0.6 is 31.9 Å². The van der Waals surface area contributed by atoms with Gasteiger partial charge in [-0.15, -0.1) is 0 Å². The lowest BCUT2D eigenvalue weighted by Gasteiger charge is -2.33. The Kier molecular flexibility index (Phi) is 7.55. The summed E-state index contributed by atoms with van der Waals surface area (Å²) in [5.41, 5.74) is 5.58. The first kappa shape index (κ1) is 21.0. The third-order valence-corrected chi connectivity index (χ3v) is 6.79. The normalized spacial score (nSPS) is 14.2. The molecule has 0 heterocycles. The summed E-state index contributed by atoms with van der Waals surface area (Å²) in [7, 11) is 0. The molecule has 0 saturated heterocycles. The van der Waals surface area contributed by atoms with E-state index in [0.717, 1.165) is 60.3 Å². The summed E-state index contributed by atoms with van der Waals surface area (Å²) >= 11 is 7.37. The largest absolute Gasteiger partial charge is 0.396 e. The van der Waals surface area contributed by atoms with Gasteiger partial charge in [0, 0.05) is 27.6 Å². The van der Waals surface area contributed by atoms with E-state index in [9.17, 15) is 10.2 Å². The molecule has 0 atom stereocenters. The molecule has 0 amide bonds. The molecule has 0 saturated carbocycles. The predicted molar refractivity (Wildman–Crippen MR) is 119 cm³/mol. The molecule has 27 heavy (non-hydrogen) atoms. The van der Waals surface area contributed by atoms with Crippen molar-refractivity contribution in [2.45, 2.75) is 56.8 Å². The molecule has 0 unspecified atom stereocenters. The monoisotopic (exact) mass is 494 g/mol. The molecule has 1 aliphatic rings.